The number of nitrogens with zero attached hydrogens (tertiary/aromatic N) is 2. The average molecular weight is 400 g/mol. The van der Waals surface area contributed by atoms with E-state index in [0.29, 0.717) is 11.4 Å². The molecular formula is C22H23F3N4. The minimum atomic E-state index is -4.57. The van der Waals surface area contributed by atoms with Crippen LogP contribution in [0.5, 0.6) is 0 Å². The number of benzene rings is 2. The molecule has 1 heterocycles. The first-order valence-electron chi connectivity index (χ1n) is 9.18. The van der Waals surface area contributed by atoms with Crippen LogP contribution in [0.2, 0.25) is 0 Å². The van der Waals surface area contributed by atoms with Crippen LogP contribution in [0.25, 0.3) is 0 Å². The quantitative estimate of drug-likeness (QED) is 0.519. The number of nitrogens with one attached hydrogen (secondary N) is 2. The maximum Gasteiger partial charge on any atom is 0.421 e. The maximum atomic E-state index is 13.4. The monoisotopic (exact) mass is 400 g/mol. The molecule has 0 aliphatic rings. The summed E-state index contributed by atoms with van der Waals surface area (Å²) in [7, 11) is 0. The van der Waals surface area contributed by atoms with Crippen LogP contribution in [0, 0.1) is 6.92 Å². The van der Waals surface area contributed by atoms with E-state index in [1.807, 2.05) is 37.3 Å². The van der Waals surface area contributed by atoms with Crippen LogP contribution < -0.4 is 10.6 Å². The van der Waals surface area contributed by atoms with E-state index in [4.69, 9.17) is 0 Å². The zero-order chi connectivity index (χ0) is 21.2. The summed E-state index contributed by atoms with van der Waals surface area (Å²) in [5, 5.41) is 5.73. The van der Waals surface area contributed by atoms with Crippen molar-refractivity contribution >= 4 is 23.1 Å². The van der Waals surface area contributed by atoms with Gasteiger partial charge in [0.15, 0.2) is 0 Å². The van der Waals surface area contributed by atoms with E-state index in [-0.39, 0.29) is 17.2 Å². The van der Waals surface area contributed by atoms with E-state index in [2.05, 4.69) is 41.4 Å². The van der Waals surface area contributed by atoms with Crippen molar-refractivity contribution < 1.29 is 13.2 Å². The summed E-state index contributed by atoms with van der Waals surface area (Å²) in [5.41, 5.74) is 2.35. The summed E-state index contributed by atoms with van der Waals surface area (Å²) < 4.78 is 40.3. The van der Waals surface area contributed by atoms with E-state index in [0.717, 1.165) is 17.3 Å². The molecule has 7 heteroatoms. The summed E-state index contributed by atoms with van der Waals surface area (Å²) in [6.07, 6.45) is -3.79. The van der Waals surface area contributed by atoms with Gasteiger partial charge in [0.05, 0.1) is 0 Å². The third-order valence-electron chi connectivity index (χ3n) is 4.38. The number of alkyl halides is 3. The van der Waals surface area contributed by atoms with Gasteiger partial charge in [0.2, 0.25) is 5.95 Å². The Kier molecular flexibility index (Phi) is 5.50. The predicted molar refractivity (Wildman–Crippen MR) is 110 cm³/mol. The first kappa shape index (κ1) is 20.6. The van der Waals surface area contributed by atoms with Crippen molar-refractivity contribution in [2.75, 3.05) is 10.6 Å². The number of hydrogen-bond acceptors (Lipinski definition) is 4. The minimum Gasteiger partial charge on any atom is -0.340 e. The van der Waals surface area contributed by atoms with Crippen LogP contribution >= 0.6 is 0 Å². The van der Waals surface area contributed by atoms with Gasteiger partial charge >= 0.3 is 6.18 Å². The standard InChI is InChI=1S/C22H23F3N4/c1-14-6-5-7-17(12-14)28-20-26-13-18(22(23,24)25)19(29-20)27-16-10-8-15(9-11-16)21(2,3)4/h5-13H,1-4H3,(H2,26,27,28,29). The van der Waals surface area contributed by atoms with Gasteiger partial charge < -0.3 is 10.6 Å². The fourth-order valence-electron chi connectivity index (χ4n) is 2.79. The predicted octanol–water partition coefficient (Wildman–Crippen LogP) is 6.59. The second kappa shape index (κ2) is 7.73. The van der Waals surface area contributed by atoms with Crippen LogP contribution in [0.15, 0.2) is 54.7 Å². The molecule has 0 aliphatic heterocycles. The lowest BCUT2D eigenvalue weighted by Gasteiger charge is -2.20. The fraction of sp³-hybridized carbons (Fsp3) is 0.273. The molecule has 2 N–H and O–H groups in total. The SMILES string of the molecule is Cc1cccc(Nc2ncc(C(F)(F)F)c(Nc3ccc(C(C)(C)C)cc3)n2)c1. The zero-order valence-corrected chi connectivity index (χ0v) is 16.7. The molecule has 0 atom stereocenters. The van der Waals surface area contributed by atoms with Crippen LogP contribution in [-0.4, -0.2) is 9.97 Å². The van der Waals surface area contributed by atoms with Crippen LogP contribution in [0.3, 0.4) is 0 Å². The highest BCUT2D eigenvalue weighted by Gasteiger charge is 2.35. The largest absolute Gasteiger partial charge is 0.421 e. The highest BCUT2D eigenvalue weighted by atomic mass is 19.4. The first-order chi connectivity index (χ1) is 13.5. The van der Waals surface area contributed by atoms with Gasteiger partial charge in [-0.05, 0) is 47.7 Å². The van der Waals surface area contributed by atoms with Gasteiger partial charge in [0, 0.05) is 17.6 Å². The molecular weight excluding hydrogens is 377 g/mol. The van der Waals surface area contributed by atoms with E-state index in [1.54, 1.807) is 18.2 Å². The normalized spacial score (nSPS) is 12.0. The summed E-state index contributed by atoms with van der Waals surface area (Å²) in [6.45, 7) is 8.15. The molecule has 3 rings (SSSR count). The molecule has 0 spiro atoms. The first-order valence-corrected chi connectivity index (χ1v) is 9.18. The highest BCUT2D eigenvalue weighted by Crippen LogP contribution is 2.35. The van der Waals surface area contributed by atoms with Gasteiger partial charge in [-0.25, -0.2) is 4.98 Å². The zero-order valence-electron chi connectivity index (χ0n) is 16.7. The number of rotatable bonds is 4. The molecule has 0 saturated carbocycles. The van der Waals surface area contributed by atoms with E-state index in [1.165, 1.54) is 0 Å². The molecule has 1 aromatic heterocycles. The third kappa shape index (κ3) is 5.25. The summed E-state index contributed by atoms with van der Waals surface area (Å²) in [6, 6.07) is 14.7. The summed E-state index contributed by atoms with van der Waals surface area (Å²) >= 11 is 0. The topological polar surface area (TPSA) is 49.8 Å². The number of hydrogen-bond donors (Lipinski definition) is 2. The molecule has 0 radical (unpaired) electrons. The molecule has 0 bridgehead atoms. The van der Waals surface area contributed by atoms with Gasteiger partial charge in [-0.1, -0.05) is 45.0 Å². The molecule has 29 heavy (non-hydrogen) atoms. The van der Waals surface area contributed by atoms with Crippen molar-refractivity contribution in [3.05, 3.63) is 71.4 Å². The van der Waals surface area contributed by atoms with Gasteiger partial charge in [-0.15, -0.1) is 0 Å². The van der Waals surface area contributed by atoms with Gasteiger partial charge in [0.1, 0.15) is 11.4 Å². The Morgan fingerprint density at radius 3 is 2.14 bits per heavy atom. The molecule has 4 nitrogen and oxygen atoms in total. The van der Waals surface area contributed by atoms with Crippen LogP contribution in [-0.2, 0) is 11.6 Å². The summed E-state index contributed by atoms with van der Waals surface area (Å²) in [4.78, 5) is 7.91. The van der Waals surface area contributed by atoms with Crippen molar-refractivity contribution in [2.45, 2.75) is 39.3 Å². The van der Waals surface area contributed by atoms with E-state index < -0.39 is 11.7 Å². The van der Waals surface area contributed by atoms with Crippen molar-refractivity contribution in [2.24, 2.45) is 0 Å². The van der Waals surface area contributed by atoms with Crippen molar-refractivity contribution in [3.63, 3.8) is 0 Å². The Balaban J connectivity index is 1.92. The van der Waals surface area contributed by atoms with Gasteiger partial charge in [0.25, 0.3) is 0 Å². The highest BCUT2D eigenvalue weighted by molar-refractivity contribution is 5.63. The molecule has 0 amide bonds. The lowest BCUT2D eigenvalue weighted by molar-refractivity contribution is -0.137. The molecule has 0 unspecified atom stereocenters. The second-order valence-corrected chi connectivity index (χ2v) is 7.90. The number of aryl methyl sites for hydroxylation is 1. The molecule has 0 saturated heterocycles. The lowest BCUT2D eigenvalue weighted by atomic mass is 9.87. The Morgan fingerprint density at radius 2 is 1.55 bits per heavy atom. The lowest BCUT2D eigenvalue weighted by Crippen LogP contribution is -2.13. The van der Waals surface area contributed by atoms with Crippen molar-refractivity contribution in [1.29, 1.82) is 0 Å². The number of anilines is 4. The second-order valence-electron chi connectivity index (χ2n) is 7.90. The third-order valence-corrected chi connectivity index (χ3v) is 4.38. The smallest absolute Gasteiger partial charge is 0.340 e. The van der Waals surface area contributed by atoms with Crippen molar-refractivity contribution in [1.82, 2.24) is 9.97 Å². The van der Waals surface area contributed by atoms with Gasteiger partial charge in [-0.2, -0.15) is 18.2 Å². The Labute approximate surface area is 168 Å². The molecule has 2 aromatic carbocycles. The number of halogens is 3. The Morgan fingerprint density at radius 1 is 0.862 bits per heavy atom. The fourth-order valence-corrected chi connectivity index (χ4v) is 2.79. The molecule has 0 fully saturated rings. The Hall–Kier alpha value is -3.09. The van der Waals surface area contributed by atoms with Crippen molar-refractivity contribution in [3.8, 4) is 0 Å². The van der Waals surface area contributed by atoms with Crippen LogP contribution in [0.1, 0.15) is 37.5 Å². The molecule has 152 valence electrons. The minimum absolute atomic E-state index is 0.0461. The summed E-state index contributed by atoms with van der Waals surface area (Å²) in [5.74, 6) is -0.219. The average Bonchev–Trinajstić information content (AvgIpc) is 2.60. The van der Waals surface area contributed by atoms with E-state index in [9.17, 15) is 13.2 Å². The molecule has 0 aliphatic carbocycles. The van der Waals surface area contributed by atoms with Crippen LogP contribution in [0.4, 0.5) is 36.3 Å². The number of aromatic nitrogens is 2. The maximum absolute atomic E-state index is 13.4. The van der Waals surface area contributed by atoms with Gasteiger partial charge in [-0.3, -0.25) is 0 Å². The Bertz CT molecular complexity index is 990. The molecule has 3 aromatic rings. The van der Waals surface area contributed by atoms with E-state index >= 15 is 0 Å².